The van der Waals surface area contributed by atoms with E-state index in [9.17, 15) is 30.6 Å². The highest BCUT2D eigenvalue weighted by Crippen LogP contribution is 2.30. The third-order valence-electron chi connectivity index (χ3n) is 5.50. The number of hydrogen-bond donors (Lipinski definition) is 7. The third kappa shape index (κ3) is 5.34. The first-order valence-corrected chi connectivity index (χ1v) is 10.1. The van der Waals surface area contributed by atoms with Gasteiger partial charge in [0, 0.05) is 6.61 Å². The van der Waals surface area contributed by atoms with Crippen LogP contribution in [0, 0.1) is 0 Å². The summed E-state index contributed by atoms with van der Waals surface area (Å²) in [6.07, 6.45) is -13.4. The van der Waals surface area contributed by atoms with Crippen molar-refractivity contribution in [1.29, 1.82) is 0 Å². The topological polar surface area (TPSA) is 179 Å². The van der Waals surface area contributed by atoms with Crippen molar-refractivity contribution < 1.29 is 54.7 Å². The van der Waals surface area contributed by atoms with Gasteiger partial charge in [0.25, 0.3) is 0 Å². The fraction of sp³-hybridized carbons (Fsp3) is 0.700. The Bertz CT molecular complexity index is 684. The van der Waals surface area contributed by atoms with Gasteiger partial charge in [-0.25, -0.2) is 0 Å². The second-order valence-corrected chi connectivity index (χ2v) is 7.72. The molecule has 2 fully saturated rings. The van der Waals surface area contributed by atoms with E-state index in [0.29, 0.717) is 12.2 Å². The van der Waals surface area contributed by atoms with Crippen LogP contribution in [0.4, 0.5) is 0 Å². The molecule has 2 heterocycles. The zero-order chi connectivity index (χ0) is 22.7. The second-order valence-electron chi connectivity index (χ2n) is 7.72. The molecule has 176 valence electrons. The van der Waals surface area contributed by atoms with Crippen LogP contribution in [0.2, 0.25) is 0 Å². The van der Waals surface area contributed by atoms with Crippen molar-refractivity contribution in [3.05, 3.63) is 29.8 Å². The van der Waals surface area contributed by atoms with Gasteiger partial charge in [0.15, 0.2) is 6.29 Å². The van der Waals surface area contributed by atoms with Crippen molar-refractivity contribution in [3.63, 3.8) is 0 Å². The van der Waals surface area contributed by atoms with Crippen molar-refractivity contribution in [3.8, 4) is 5.75 Å². The number of aliphatic hydroxyl groups is 7. The lowest BCUT2D eigenvalue weighted by atomic mass is 9.97. The number of benzene rings is 1. The highest BCUT2D eigenvalue weighted by atomic mass is 16.7. The van der Waals surface area contributed by atoms with Crippen LogP contribution in [-0.2, 0) is 20.6 Å². The normalized spacial score (nSPS) is 41.2. The average Bonchev–Trinajstić information content (AvgIpc) is 2.76. The zero-order valence-electron chi connectivity index (χ0n) is 17.0. The Balaban J connectivity index is 1.70. The maximum absolute atomic E-state index is 10.7. The van der Waals surface area contributed by atoms with E-state index in [1.165, 1.54) is 0 Å². The molecule has 10 atom stereocenters. The molecular weight excluding hydrogens is 416 g/mol. The largest absolute Gasteiger partial charge is 0.462 e. The zero-order valence-corrected chi connectivity index (χ0v) is 17.0. The van der Waals surface area contributed by atoms with Gasteiger partial charge in [-0.05, 0) is 31.0 Å². The van der Waals surface area contributed by atoms with E-state index in [1.54, 1.807) is 31.2 Å². The molecule has 7 N–H and O–H groups in total. The van der Waals surface area contributed by atoms with Crippen LogP contribution in [0.25, 0.3) is 0 Å². The van der Waals surface area contributed by atoms with Gasteiger partial charge in [0.1, 0.15) is 48.5 Å². The van der Waals surface area contributed by atoms with Crippen LogP contribution < -0.4 is 4.74 Å². The van der Waals surface area contributed by atoms with Crippen LogP contribution in [-0.4, -0.2) is 110 Å². The Kier molecular flexibility index (Phi) is 8.21. The van der Waals surface area contributed by atoms with Gasteiger partial charge in [-0.3, -0.25) is 0 Å². The number of ether oxygens (including phenoxy) is 4. The SMILES string of the molecule is C[C@@H]1O[C@H](Oc2ccc(CCO)cc2)[C@@H](O)[C@H](O[C@H]2O[C@@H](CO)[C@H](O)[C@@H](O)[C@H]2O)[C@@H]1O. The maximum Gasteiger partial charge on any atom is 0.229 e. The van der Waals surface area contributed by atoms with E-state index < -0.39 is 68.0 Å². The lowest BCUT2D eigenvalue weighted by Gasteiger charge is -2.45. The first kappa shape index (κ1) is 24.3. The number of hydrogen-bond acceptors (Lipinski definition) is 11. The van der Waals surface area contributed by atoms with Gasteiger partial charge < -0.3 is 54.7 Å². The Morgan fingerprint density at radius 3 is 2.10 bits per heavy atom. The number of rotatable bonds is 7. The predicted octanol–water partition coefficient (Wildman–Crippen LogP) is -2.75. The molecule has 1 aromatic rings. The molecule has 0 bridgehead atoms. The highest BCUT2D eigenvalue weighted by molar-refractivity contribution is 5.27. The van der Waals surface area contributed by atoms with Gasteiger partial charge in [0.2, 0.25) is 6.29 Å². The molecule has 0 radical (unpaired) electrons. The molecule has 0 aromatic heterocycles. The van der Waals surface area contributed by atoms with E-state index in [-0.39, 0.29) is 6.61 Å². The summed E-state index contributed by atoms with van der Waals surface area (Å²) in [5, 5.41) is 69.5. The van der Waals surface area contributed by atoms with Gasteiger partial charge in [0.05, 0.1) is 12.7 Å². The second kappa shape index (κ2) is 10.5. The van der Waals surface area contributed by atoms with E-state index in [4.69, 9.17) is 24.1 Å². The maximum atomic E-state index is 10.7. The van der Waals surface area contributed by atoms with E-state index >= 15 is 0 Å². The summed E-state index contributed by atoms with van der Waals surface area (Å²) in [6.45, 7) is 0.913. The summed E-state index contributed by atoms with van der Waals surface area (Å²) in [7, 11) is 0. The number of aliphatic hydroxyl groups excluding tert-OH is 7. The molecular formula is C20H30O11. The van der Waals surface area contributed by atoms with E-state index in [1.807, 2.05) is 0 Å². The van der Waals surface area contributed by atoms with Crippen LogP contribution in [0.3, 0.4) is 0 Å². The minimum atomic E-state index is -1.69. The lowest BCUT2D eigenvalue weighted by molar-refractivity contribution is -0.350. The summed E-state index contributed by atoms with van der Waals surface area (Å²) in [5.41, 5.74) is 0.896. The summed E-state index contributed by atoms with van der Waals surface area (Å²) < 4.78 is 22.1. The summed E-state index contributed by atoms with van der Waals surface area (Å²) in [5.74, 6) is 0.376. The molecule has 0 unspecified atom stereocenters. The molecule has 11 nitrogen and oxygen atoms in total. The molecule has 0 amide bonds. The molecule has 2 aliphatic rings. The van der Waals surface area contributed by atoms with Crippen LogP contribution in [0.5, 0.6) is 5.75 Å². The van der Waals surface area contributed by atoms with Gasteiger partial charge in [-0.15, -0.1) is 0 Å². The molecule has 3 rings (SSSR count). The Morgan fingerprint density at radius 2 is 1.48 bits per heavy atom. The molecule has 1 aromatic carbocycles. The minimum absolute atomic E-state index is 0.0109. The van der Waals surface area contributed by atoms with Crippen molar-refractivity contribution in [2.75, 3.05) is 13.2 Å². The van der Waals surface area contributed by atoms with Gasteiger partial charge in [-0.1, -0.05) is 12.1 Å². The van der Waals surface area contributed by atoms with Crippen molar-refractivity contribution in [1.82, 2.24) is 0 Å². The van der Waals surface area contributed by atoms with E-state index in [2.05, 4.69) is 0 Å². The lowest BCUT2D eigenvalue weighted by Crippen LogP contribution is -2.64. The Morgan fingerprint density at radius 1 is 0.806 bits per heavy atom. The average molecular weight is 446 g/mol. The Labute approximate surface area is 179 Å². The molecule has 2 saturated heterocycles. The van der Waals surface area contributed by atoms with Crippen molar-refractivity contribution in [2.45, 2.75) is 74.8 Å². The van der Waals surface area contributed by atoms with Crippen LogP contribution >= 0.6 is 0 Å². The van der Waals surface area contributed by atoms with E-state index in [0.717, 1.165) is 5.56 Å². The molecule has 0 spiro atoms. The standard InChI is InChI=1S/C20H30O11/c1-9-13(23)18(31-19-16(26)15(25)14(24)12(8-22)30-19)17(27)20(28-9)29-11-4-2-10(3-5-11)6-7-21/h2-5,9,12-27H,6-8H2,1H3/t9-,12-,13+,14-,15+,16+,17-,18+,19+,20+/m0/s1. The summed E-state index contributed by atoms with van der Waals surface area (Å²) in [4.78, 5) is 0. The van der Waals surface area contributed by atoms with Crippen LogP contribution in [0.1, 0.15) is 12.5 Å². The summed E-state index contributed by atoms with van der Waals surface area (Å²) in [6, 6.07) is 6.79. The van der Waals surface area contributed by atoms with Gasteiger partial charge in [-0.2, -0.15) is 0 Å². The molecule has 0 saturated carbocycles. The highest BCUT2D eigenvalue weighted by Gasteiger charge is 2.50. The third-order valence-corrected chi connectivity index (χ3v) is 5.50. The predicted molar refractivity (Wildman–Crippen MR) is 103 cm³/mol. The minimum Gasteiger partial charge on any atom is -0.462 e. The summed E-state index contributed by atoms with van der Waals surface area (Å²) >= 11 is 0. The molecule has 0 aliphatic carbocycles. The molecule has 11 heteroatoms. The van der Waals surface area contributed by atoms with Crippen molar-refractivity contribution >= 4 is 0 Å². The molecule has 2 aliphatic heterocycles. The Hall–Kier alpha value is -1.38. The van der Waals surface area contributed by atoms with Crippen LogP contribution in [0.15, 0.2) is 24.3 Å². The van der Waals surface area contributed by atoms with Crippen molar-refractivity contribution in [2.24, 2.45) is 0 Å². The molecule has 31 heavy (non-hydrogen) atoms. The monoisotopic (exact) mass is 446 g/mol. The fourth-order valence-electron chi connectivity index (χ4n) is 3.59. The first-order chi connectivity index (χ1) is 14.8. The van der Waals surface area contributed by atoms with Gasteiger partial charge >= 0.3 is 0 Å². The fourth-order valence-corrected chi connectivity index (χ4v) is 3.59. The quantitative estimate of drug-likeness (QED) is 0.231. The smallest absolute Gasteiger partial charge is 0.229 e. The first-order valence-electron chi connectivity index (χ1n) is 10.1.